The van der Waals surface area contributed by atoms with E-state index >= 15 is 0 Å². The summed E-state index contributed by atoms with van der Waals surface area (Å²) >= 11 is 0. The van der Waals surface area contributed by atoms with E-state index in [1.165, 1.54) is 25.8 Å². The highest BCUT2D eigenvalue weighted by Gasteiger charge is 2.25. The van der Waals surface area contributed by atoms with Gasteiger partial charge in [0.1, 0.15) is 0 Å². The summed E-state index contributed by atoms with van der Waals surface area (Å²) in [4.78, 5) is 2.48. The quantitative estimate of drug-likeness (QED) is 0.537. The van der Waals surface area contributed by atoms with Gasteiger partial charge in [0.2, 0.25) is 0 Å². The maximum absolute atomic E-state index is 2.48. The highest BCUT2D eigenvalue weighted by Crippen LogP contribution is 2.32. The molecule has 1 aliphatic rings. The topological polar surface area (TPSA) is 3.24 Å². The zero-order valence-electron chi connectivity index (χ0n) is 14.4. The Labute approximate surface area is 112 Å². The molecule has 17 heavy (non-hydrogen) atoms. The third kappa shape index (κ3) is 12.2. The third-order valence-corrected chi connectivity index (χ3v) is 2.96. The van der Waals surface area contributed by atoms with Gasteiger partial charge in [-0.1, -0.05) is 55.4 Å². The monoisotopic (exact) mass is 245 g/mol. The molecule has 0 bridgehead atoms. The summed E-state index contributed by atoms with van der Waals surface area (Å²) < 4.78 is 0. The molecule has 0 radical (unpaired) electrons. The van der Waals surface area contributed by atoms with Crippen LogP contribution in [0.1, 0.15) is 81.6 Å². The summed E-state index contributed by atoms with van der Waals surface area (Å²) in [6.45, 7) is 20.4. The van der Waals surface area contributed by atoms with Crippen LogP contribution in [0.3, 0.4) is 0 Å². The Morgan fingerprint density at radius 3 is 1.76 bits per heavy atom. The lowest BCUT2D eigenvalue weighted by molar-refractivity contribution is 0.223. The lowest BCUT2D eigenvalue weighted by atomic mass is 9.83. The van der Waals surface area contributed by atoms with Crippen molar-refractivity contribution in [2.75, 3.05) is 13.6 Å². The fourth-order valence-corrected chi connectivity index (χ4v) is 2.09. The Morgan fingerprint density at radius 1 is 0.941 bits per heavy atom. The van der Waals surface area contributed by atoms with Crippen molar-refractivity contribution in [3.8, 4) is 0 Å². The first kappa shape index (κ1) is 22.2. The van der Waals surface area contributed by atoms with Crippen molar-refractivity contribution in [3.05, 3.63) is 0 Å². The number of hydrogen-bond acceptors (Lipinski definition) is 1. The maximum atomic E-state index is 2.48. The Morgan fingerprint density at radius 2 is 1.35 bits per heavy atom. The molecule has 108 valence electrons. The molecule has 0 amide bonds. The van der Waals surface area contributed by atoms with Crippen LogP contribution in [-0.4, -0.2) is 24.5 Å². The van der Waals surface area contributed by atoms with Gasteiger partial charge in [-0.05, 0) is 45.2 Å². The van der Waals surface area contributed by atoms with Crippen LogP contribution in [0.15, 0.2) is 0 Å². The van der Waals surface area contributed by atoms with E-state index in [-0.39, 0.29) is 0 Å². The highest BCUT2D eigenvalue weighted by atomic mass is 15.1. The van der Waals surface area contributed by atoms with Gasteiger partial charge in [0, 0.05) is 6.04 Å². The minimum absolute atomic E-state index is 0.574. The predicted octanol–water partition coefficient (Wildman–Crippen LogP) is 5.60. The lowest BCUT2D eigenvalue weighted by Gasteiger charge is -2.27. The highest BCUT2D eigenvalue weighted by molar-refractivity contribution is 4.79. The molecule has 1 fully saturated rings. The third-order valence-electron chi connectivity index (χ3n) is 2.96. The van der Waals surface area contributed by atoms with Crippen LogP contribution in [0, 0.1) is 5.41 Å². The van der Waals surface area contributed by atoms with Crippen molar-refractivity contribution in [2.45, 2.75) is 87.6 Å². The van der Waals surface area contributed by atoms with Crippen LogP contribution in [0.2, 0.25) is 0 Å². The van der Waals surface area contributed by atoms with Crippen LogP contribution in [0.5, 0.6) is 0 Å². The molecule has 1 nitrogen and oxygen atoms in total. The first-order valence-corrected chi connectivity index (χ1v) is 7.71. The van der Waals surface area contributed by atoms with Gasteiger partial charge in [-0.25, -0.2) is 0 Å². The number of hydrogen-bond donors (Lipinski definition) is 0. The average Bonchev–Trinajstić information content (AvgIpc) is 2.46. The normalized spacial score (nSPS) is 22.6. The maximum Gasteiger partial charge on any atom is 0.00689 e. The van der Waals surface area contributed by atoms with Gasteiger partial charge < -0.3 is 4.90 Å². The number of nitrogens with zero attached hydrogens (tertiary/aromatic N) is 1. The van der Waals surface area contributed by atoms with E-state index in [2.05, 4.69) is 32.7 Å². The molecule has 1 heteroatoms. The van der Waals surface area contributed by atoms with Gasteiger partial charge in [-0.3, -0.25) is 0 Å². The molecule has 1 saturated heterocycles. The fraction of sp³-hybridized carbons (Fsp3) is 1.00. The first-order chi connectivity index (χ1) is 8.01. The van der Waals surface area contributed by atoms with Gasteiger partial charge in [0.15, 0.2) is 0 Å². The van der Waals surface area contributed by atoms with E-state index in [4.69, 9.17) is 0 Å². The van der Waals surface area contributed by atoms with E-state index in [0.29, 0.717) is 5.41 Å². The Bertz CT molecular complexity index is 129. The molecule has 0 aromatic rings. The van der Waals surface area contributed by atoms with E-state index in [0.717, 1.165) is 6.04 Å². The van der Waals surface area contributed by atoms with Crippen molar-refractivity contribution in [1.29, 1.82) is 0 Å². The molecule has 0 spiro atoms. The van der Waals surface area contributed by atoms with Crippen molar-refractivity contribution in [1.82, 2.24) is 4.90 Å². The van der Waals surface area contributed by atoms with Gasteiger partial charge in [0.05, 0.1) is 0 Å². The van der Waals surface area contributed by atoms with Crippen LogP contribution in [-0.2, 0) is 0 Å². The van der Waals surface area contributed by atoms with Crippen molar-refractivity contribution in [3.63, 3.8) is 0 Å². The van der Waals surface area contributed by atoms with E-state index in [9.17, 15) is 0 Å². The van der Waals surface area contributed by atoms with Gasteiger partial charge in [0.25, 0.3) is 0 Å². The second-order valence-electron chi connectivity index (χ2n) is 4.80. The minimum Gasteiger partial charge on any atom is -0.304 e. The van der Waals surface area contributed by atoms with E-state index < -0.39 is 0 Å². The number of rotatable bonds is 0. The SMILES string of the molecule is CC.CC.CC.CC1CC(C)(C)CCCN1C. The zero-order valence-corrected chi connectivity index (χ0v) is 14.4. The Balaban J connectivity index is -0.000000285. The molecule has 0 aromatic heterocycles. The standard InChI is InChI=1S/C10H21N.3C2H6/c1-9-8-10(2,3)6-5-7-11(9)4;3*1-2/h9H,5-8H2,1-4H3;3*1-2H3. The second-order valence-corrected chi connectivity index (χ2v) is 4.80. The fourth-order valence-electron chi connectivity index (χ4n) is 2.09. The lowest BCUT2D eigenvalue weighted by Crippen LogP contribution is -2.30. The summed E-state index contributed by atoms with van der Waals surface area (Å²) in [5.74, 6) is 0. The van der Waals surface area contributed by atoms with Crippen molar-refractivity contribution >= 4 is 0 Å². The summed E-state index contributed by atoms with van der Waals surface area (Å²) in [6.07, 6.45) is 4.11. The molecular formula is C16H39N. The van der Waals surface area contributed by atoms with Crippen molar-refractivity contribution < 1.29 is 0 Å². The molecule has 1 unspecified atom stereocenters. The van der Waals surface area contributed by atoms with Crippen LogP contribution in [0.25, 0.3) is 0 Å². The molecule has 0 aliphatic carbocycles. The molecule has 0 N–H and O–H groups in total. The summed E-state index contributed by atoms with van der Waals surface area (Å²) in [5, 5.41) is 0. The Hall–Kier alpha value is -0.0400. The van der Waals surface area contributed by atoms with Crippen LogP contribution in [0.4, 0.5) is 0 Å². The molecule has 0 saturated carbocycles. The summed E-state index contributed by atoms with van der Waals surface area (Å²) in [5.41, 5.74) is 0.574. The van der Waals surface area contributed by atoms with E-state index in [1.807, 2.05) is 41.5 Å². The molecule has 0 aromatic carbocycles. The smallest absolute Gasteiger partial charge is 0.00689 e. The molecular weight excluding hydrogens is 206 g/mol. The second kappa shape index (κ2) is 14.0. The first-order valence-electron chi connectivity index (χ1n) is 7.71. The van der Waals surface area contributed by atoms with Crippen LogP contribution >= 0.6 is 0 Å². The molecule has 1 atom stereocenters. The van der Waals surface area contributed by atoms with Crippen LogP contribution < -0.4 is 0 Å². The largest absolute Gasteiger partial charge is 0.304 e. The van der Waals surface area contributed by atoms with Crippen molar-refractivity contribution in [2.24, 2.45) is 5.41 Å². The van der Waals surface area contributed by atoms with Gasteiger partial charge in [-0.15, -0.1) is 0 Å². The zero-order chi connectivity index (χ0) is 14.5. The van der Waals surface area contributed by atoms with E-state index in [1.54, 1.807) is 0 Å². The van der Waals surface area contributed by atoms with Gasteiger partial charge >= 0.3 is 0 Å². The summed E-state index contributed by atoms with van der Waals surface area (Å²) in [6, 6.07) is 0.771. The van der Waals surface area contributed by atoms with Gasteiger partial charge in [-0.2, -0.15) is 0 Å². The predicted molar refractivity (Wildman–Crippen MR) is 83.8 cm³/mol. The average molecular weight is 245 g/mol. The summed E-state index contributed by atoms with van der Waals surface area (Å²) in [7, 11) is 2.24. The minimum atomic E-state index is 0.574. The number of likely N-dealkylation sites (tertiary alicyclic amines) is 1. The molecule has 1 rings (SSSR count). The molecule has 1 heterocycles. The molecule has 1 aliphatic heterocycles. The Kier molecular flexibility index (Phi) is 18.3.